The second-order valence-corrected chi connectivity index (χ2v) is 2.88. The van der Waals surface area contributed by atoms with Crippen LogP contribution in [-0.2, 0) is 0 Å². The molecule has 1 aromatic carbocycles. The molecular weight excluding hydrogens is 168 g/mol. The van der Waals surface area contributed by atoms with E-state index in [9.17, 15) is 4.79 Å². The molecule has 0 unspecified atom stereocenters. The summed E-state index contributed by atoms with van der Waals surface area (Å²) in [5.41, 5.74) is 1.62. The topological polar surface area (TPSA) is 50.4 Å². The van der Waals surface area contributed by atoms with E-state index in [1.807, 2.05) is 6.07 Å². The van der Waals surface area contributed by atoms with Crippen LogP contribution in [0.5, 0.6) is 0 Å². The van der Waals surface area contributed by atoms with Gasteiger partial charge in [0.25, 0.3) is 0 Å². The summed E-state index contributed by atoms with van der Waals surface area (Å²) in [4.78, 5) is 10.7. The maximum atomic E-state index is 10.7. The maximum absolute atomic E-state index is 10.7. The van der Waals surface area contributed by atoms with E-state index >= 15 is 0 Å². The minimum atomic E-state index is -0.921. The van der Waals surface area contributed by atoms with Crippen LogP contribution in [0.15, 0.2) is 28.9 Å². The fourth-order valence-electron chi connectivity index (χ4n) is 1.41. The number of aromatic carboxylic acids is 1. The van der Waals surface area contributed by atoms with Gasteiger partial charge in [-0.2, -0.15) is 0 Å². The van der Waals surface area contributed by atoms with Crippen molar-refractivity contribution in [1.29, 1.82) is 0 Å². The number of hydrogen-bond acceptors (Lipinski definition) is 2. The largest absolute Gasteiger partial charge is 0.478 e. The van der Waals surface area contributed by atoms with Gasteiger partial charge in [-0.05, 0) is 19.1 Å². The molecule has 0 atom stereocenters. The van der Waals surface area contributed by atoms with Crippen molar-refractivity contribution >= 4 is 16.9 Å². The first-order chi connectivity index (χ1) is 6.20. The number of aryl methyl sites for hydroxylation is 1. The zero-order chi connectivity index (χ0) is 9.42. The van der Waals surface area contributed by atoms with E-state index in [0.29, 0.717) is 16.7 Å². The molecule has 0 spiro atoms. The predicted molar refractivity (Wildman–Crippen MR) is 47.9 cm³/mol. The van der Waals surface area contributed by atoms with Crippen LogP contribution >= 0.6 is 0 Å². The summed E-state index contributed by atoms with van der Waals surface area (Å²) in [5, 5.41) is 9.75. The monoisotopic (exact) mass is 176 g/mol. The molecule has 3 nitrogen and oxygen atoms in total. The van der Waals surface area contributed by atoms with Gasteiger partial charge in [-0.25, -0.2) is 4.79 Å². The lowest BCUT2D eigenvalue weighted by atomic mass is 10.1. The summed E-state index contributed by atoms with van der Waals surface area (Å²) in [5.74, 6) is -0.921. The molecule has 1 aromatic heterocycles. The summed E-state index contributed by atoms with van der Waals surface area (Å²) in [7, 11) is 0. The Kier molecular flexibility index (Phi) is 1.59. The standard InChI is InChI=1S/C10H8O3/c1-6-8(10(11)12)3-2-7-4-5-13-9(6)7/h2-5H,1H3,(H,11,12). The molecule has 66 valence electrons. The molecule has 2 rings (SSSR count). The van der Waals surface area contributed by atoms with Gasteiger partial charge in [0.1, 0.15) is 5.58 Å². The van der Waals surface area contributed by atoms with Crippen LogP contribution < -0.4 is 0 Å². The number of hydrogen-bond donors (Lipinski definition) is 1. The van der Waals surface area contributed by atoms with Gasteiger partial charge >= 0.3 is 5.97 Å². The molecule has 3 heteroatoms. The number of benzene rings is 1. The summed E-state index contributed by atoms with van der Waals surface area (Å²) < 4.78 is 5.18. The molecule has 1 heterocycles. The summed E-state index contributed by atoms with van der Waals surface area (Å²) >= 11 is 0. The molecule has 0 saturated heterocycles. The molecule has 0 aliphatic heterocycles. The lowest BCUT2D eigenvalue weighted by Gasteiger charge is -1.99. The van der Waals surface area contributed by atoms with Crippen molar-refractivity contribution in [1.82, 2.24) is 0 Å². The number of rotatable bonds is 1. The third-order valence-electron chi connectivity index (χ3n) is 2.10. The molecule has 0 fully saturated rings. The first-order valence-corrected chi connectivity index (χ1v) is 3.90. The van der Waals surface area contributed by atoms with Gasteiger partial charge in [0, 0.05) is 10.9 Å². The van der Waals surface area contributed by atoms with Gasteiger partial charge in [0.05, 0.1) is 11.8 Å². The Morgan fingerprint density at radius 1 is 1.38 bits per heavy atom. The average molecular weight is 176 g/mol. The van der Waals surface area contributed by atoms with Crippen LogP contribution in [0, 0.1) is 6.92 Å². The van der Waals surface area contributed by atoms with E-state index in [2.05, 4.69) is 0 Å². The fraction of sp³-hybridized carbons (Fsp3) is 0.100. The van der Waals surface area contributed by atoms with E-state index < -0.39 is 5.97 Å². The highest BCUT2D eigenvalue weighted by molar-refractivity contribution is 5.95. The first kappa shape index (κ1) is 7.86. The molecule has 0 saturated carbocycles. The van der Waals surface area contributed by atoms with Crippen LogP contribution in [-0.4, -0.2) is 11.1 Å². The molecule has 0 aliphatic carbocycles. The molecule has 2 aromatic rings. The third-order valence-corrected chi connectivity index (χ3v) is 2.10. The lowest BCUT2D eigenvalue weighted by molar-refractivity contribution is 0.0696. The molecule has 0 radical (unpaired) electrons. The van der Waals surface area contributed by atoms with E-state index in [-0.39, 0.29) is 0 Å². The Labute approximate surface area is 74.6 Å². The average Bonchev–Trinajstić information content (AvgIpc) is 2.52. The highest BCUT2D eigenvalue weighted by atomic mass is 16.4. The predicted octanol–water partition coefficient (Wildman–Crippen LogP) is 2.44. The van der Waals surface area contributed by atoms with Gasteiger partial charge in [-0.3, -0.25) is 0 Å². The molecule has 13 heavy (non-hydrogen) atoms. The second kappa shape index (κ2) is 2.62. The normalized spacial score (nSPS) is 10.5. The molecule has 0 aliphatic rings. The van der Waals surface area contributed by atoms with Gasteiger partial charge in [-0.1, -0.05) is 6.07 Å². The molecule has 0 bridgehead atoms. The van der Waals surface area contributed by atoms with E-state index in [1.165, 1.54) is 0 Å². The highest BCUT2D eigenvalue weighted by Gasteiger charge is 2.10. The quantitative estimate of drug-likeness (QED) is 0.725. The van der Waals surface area contributed by atoms with Crippen molar-refractivity contribution in [3.8, 4) is 0 Å². The number of carbonyl (C=O) groups is 1. The van der Waals surface area contributed by atoms with Crippen LogP contribution in [0.2, 0.25) is 0 Å². The molecular formula is C10H8O3. The number of carboxylic acid groups (broad SMARTS) is 1. The second-order valence-electron chi connectivity index (χ2n) is 2.88. The van der Waals surface area contributed by atoms with Crippen LogP contribution in [0.3, 0.4) is 0 Å². The Balaban J connectivity index is 2.80. The first-order valence-electron chi connectivity index (χ1n) is 3.90. The zero-order valence-electron chi connectivity index (χ0n) is 7.07. The van der Waals surface area contributed by atoms with Gasteiger partial charge in [-0.15, -0.1) is 0 Å². The molecule has 0 amide bonds. The third kappa shape index (κ3) is 1.09. The van der Waals surface area contributed by atoms with Crippen molar-refractivity contribution in [3.63, 3.8) is 0 Å². The van der Waals surface area contributed by atoms with Gasteiger partial charge in [0.2, 0.25) is 0 Å². The Morgan fingerprint density at radius 3 is 2.85 bits per heavy atom. The minimum Gasteiger partial charge on any atom is -0.478 e. The van der Waals surface area contributed by atoms with E-state index in [0.717, 1.165) is 5.39 Å². The summed E-state index contributed by atoms with van der Waals surface area (Å²) in [6, 6.07) is 5.15. The zero-order valence-corrected chi connectivity index (χ0v) is 7.07. The maximum Gasteiger partial charge on any atom is 0.336 e. The summed E-state index contributed by atoms with van der Waals surface area (Å²) in [6.45, 7) is 1.75. The fourth-order valence-corrected chi connectivity index (χ4v) is 1.41. The SMILES string of the molecule is Cc1c(C(=O)O)ccc2ccoc12. The smallest absolute Gasteiger partial charge is 0.336 e. The van der Waals surface area contributed by atoms with E-state index in [1.54, 1.807) is 25.3 Å². The van der Waals surface area contributed by atoms with Crippen LogP contribution in [0.1, 0.15) is 15.9 Å². The van der Waals surface area contributed by atoms with Crippen LogP contribution in [0.4, 0.5) is 0 Å². The highest BCUT2D eigenvalue weighted by Crippen LogP contribution is 2.22. The summed E-state index contributed by atoms with van der Waals surface area (Å²) in [6.07, 6.45) is 1.56. The Bertz CT molecular complexity index is 468. The van der Waals surface area contributed by atoms with Crippen molar-refractivity contribution in [2.24, 2.45) is 0 Å². The molecule has 1 N–H and O–H groups in total. The van der Waals surface area contributed by atoms with Gasteiger partial charge < -0.3 is 9.52 Å². The van der Waals surface area contributed by atoms with Crippen molar-refractivity contribution in [3.05, 3.63) is 35.6 Å². The number of carboxylic acids is 1. The van der Waals surface area contributed by atoms with Crippen molar-refractivity contribution in [2.45, 2.75) is 6.92 Å². The van der Waals surface area contributed by atoms with Crippen LogP contribution in [0.25, 0.3) is 11.0 Å². The lowest BCUT2D eigenvalue weighted by Crippen LogP contribution is -1.98. The Hall–Kier alpha value is -1.77. The van der Waals surface area contributed by atoms with E-state index in [4.69, 9.17) is 9.52 Å². The number of fused-ring (bicyclic) bond motifs is 1. The van der Waals surface area contributed by atoms with Crippen molar-refractivity contribution in [2.75, 3.05) is 0 Å². The number of furan rings is 1. The van der Waals surface area contributed by atoms with Gasteiger partial charge in [0.15, 0.2) is 0 Å². The Morgan fingerprint density at radius 2 is 2.15 bits per heavy atom. The minimum absolute atomic E-state index is 0.294. The van der Waals surface area contributed by atoms with Crippen molar-refractivity contribution < 1.29 is 14.3 Å².